The molecule has 10 nitrogen and oxygen atoms in total. The van der Waals surface area contributed by atoms with Crippen LogP contribution >= 0.6 is 0 Å². The summed E-state index contributed by atoms with van der Waals surface area (Å²) in [6.07, 6.45) is 0.517. The lowest BCUT2D eigenvalue weighted by Gasteiger charge is -2.25. The zero-order valence-electron chi connectivity index (χ0n) is 17.2. The van der Waals surface area contributed by atoms with Gasteiger partial charge in [0.05, 0.1) is 0 Å². The molecule has 0 saturated heterocycles. The molecule has 0 radical (unpaired) electrons. The third kappa shape index (κ3) is 5.56. The number of fused-ring (bicyclic) bond motifs is 1. The highest BCUT2D eigenvalue weighted by Crippen LogP contribution is 2.30. The Morgan fingerprint density at radius 2 is 1.70 bits per heavy atom. The summed E-state index contributed by atoms with van der Waals surface area (Å²) in [7, 11) is 0. The van der Waals surface area contributed by atoms with Crippen molar-refractivity contribution >= 4 is 17.8 Å². The van der Waals surface area contributed by atoms with E-state index in [0.29, 0.717) is 17.2 Å². The standard InChI is InChI=1S/C23H19N3O7/c27-20(25-26-21(28)19-13-30-17-10-4-5-11-18(17)33-19)14-31-23(29)16-9-6-12-24-22(16)32-15-7-2-1-3-8-15/h1-12,19H,13-14H2,(H,25,27)(H,26,28). The topological polar surface area (TPSA) is 125 Å². The summed E-state index contributed by atoms with van der Waals surface area (Å²) in [6.45, 7) is -0.650. The number of hydrazine groups is 1. The number of nitrogens with one attached hydrogen (secondary N) is 2. The van der Waals surface area contributed by atoms with Crippen LogP contribution in [0.5, 0.6) is 23.1 Å². The van der Waals surface area contributed by atoms with Gasteiger partial charge >= 0.3 is 5.97 Å². The Balaban J connectivity index is 1.26. The second kappa shape index (κ2) is 10.1. The summed E-state index contributed by atoms with van der Waals surface area (Å²) >= 11 is 0. The number of aromatic nitrogens is 1. The van der Waals surface area contributed by atoms with Crippen molar-refractivity contribution in [2.24, 2.45) is 0 Å². The van der Waals surface area contributed by atoms with Gasteiger partial charge in [-0.1, -0.05) is 30.3 Å². The van der Waals surface area contributed by atoms with E-state index in [-0.39, 0.29) is 18.1 Å². The third-order valence-electron chi connectivity index (χ3n) is 4.41. The van der Waals surface area contributed by atoms with Crippen molar-refractivity contribution in [3.63, 3.8) is 0 Å². The van der Waals surface area contributed by atoms with Gasteiger partial charge in [0.25, 0.3) is 11.8 Å². The molecule has 1 unspecified atom stereocenters. The number of pyridine rings is 1. The van der Waals surface area contributed by atoms with Gasteiger partial charge in [0.15, 0.2) is 18.1 Å². The van der Waals surface area contributed by atoms with E-state index < -0.39 is 30.5 Å². The fourth-order valence-corrected chi connectivity index (χ4v) is 2.83. The Hall–Kier alpha value is -4.60. The Morgan fingerprint density at radius 1 is 0.939 bits per heavy atom. The molecule has 1 atom stereocenters. The smallest absolute Gasteiger partial charge is 0.344 e. The number of ether oxygens (including phenoxy) is 4. The average Bonchev–Trinajstić information content (AvgIpc) is 2.86. The molecule has 0 saturated carbocycles. The van der Waals surface area contributed by atoms with Crippen LogP contribution < -0.4 is 25.1 Å². The van der Waals surface area contributed by atoms with Crippen molar-refractivity contribution in [3.8, 4) is 23.1 Å². The summed E-state index contributed by atoms with van der Waals surface area (Å²) in [6, 6.07) is 18.7. The second-order valence-corrected chi connectivity index (χ2v) is 6.75. The number of nitrogens with zero attached hydrogens (tertiary/aromatic N) is 1. The highest BCUT2D eigenvalue weighted by Gasteiger charge is 2.27. The van der Waals surface area contributed by atoms with E-state index in [0.717, 1.165) is 0 Å². The van der Waals surface area contributed by atoms with Crippen LogP contribution in [0.3, 0.4) is 0 Å². The lowest BCUT2D eigenvalue weighted by Crippen LogP contribution is -2.51. The molecule has 2 heterocycles. The van der Waals surface area contributed by atoms with Crippen molar-refractivity contribution in [3.05, 3.63) is 78.5 Å². The number of esters is 1. The van der Waals surface area contributed by atoms with Crippen LogP contribution in [0.25, 0.3) is 0 Å². The van der Waals surface area contributed by atoms with Crippen LogP contribution in [-0.4, -0.2) is 42.1 Å². The summed E-state index contributed by atoms with van der Waals surface area (Å²) in [5, 5.41) is 0. The fourth-order valence-electron chi connectivity index (χ4n) is 2.83. The van der Waals surface area contributed by atoms with Crippen molar-refractivity contribution < 1.29 is 33.3 Å². The van der Waals surface area contributed by atoms with Gasteiger partial charge in [-0.3, -0.25) is 20.4 Å². The van der Waals surface area contributed by atoms with Crippen molar-refractivity contribution in [2.45, 2.75) is 6.10 Å². The molecule has 0 bridgehead atoms. The quantitative estimate of drug-likeness (QED) is 0.433. The molecule has 1 aromatic heterocycles. The van der Waals surface area contributed by atoms with Gasteiger partial charge in [-0.25, -0.2) is 9.78 Å². The predicted molar refractivity (Wildman–Crippen MR) is 114 cm³/mol. The van der Waals surface area contributed by atoms with E-state index in [9.17, 15) is 14.4 Å². The first-order valence-electron chi connectivity index (χ1n) is 9.92. The molecule has 0 fully saturated rings. The number of hydrogen-bond acceptors (Lipinski definition) is 8. The molecule has 1 aliphatic heterocycles. The molecule has 2 N–H and O–H groups in total. The number of carbonyl (C=O) groups is 3. The van der Waals surface area contributed by atoms with Gasteiger partial charge in [-0.05, 0) is 36.4 Å². The zero-order valence-corrected chi connectivity index (χ0v) is 17.2. The zero-order chi connectivity index (χ0) is 23.0. The molecule has 2 amide bonds. The molecule has 1 aliphatic rings. The van der Waals surface area contributed by atoms with Crippen molar-refractivity contribution in [1.29, 1.82) is 0 Å². The molecule has 0 spiro atoms. The van der Waals surface area contributed by atoms with Gasteiger partial charge < -0.3 is 18.9 Å². The number of rotatable bonds is 6. The summed E-state index contributed by atoms with van der Waals surface area (Å²) < 4.78 is 21.6. The second-order valence-electron chi connectivity index (χ2n) is 6.75. The van der Waals surface area contributed by atoms with E-state index in [1.807, 2.05) is 6.07 Å². The number of para-hydroxylation sites is 3. The van der Waals surface area contributed by atoms with Crippen molar-refractivity contribution in [1.82, 2.24) is 15.8 Å². The molecule has 3 aromatic rings. The number of hydrogen-bond donors (Lipinski definition) is 2. The van der Waals surface area contributed by atoms with Crippen LogP contribution in [0.1, 0.15) is 10.4 Å². The Kier molecular flexibility index (Phi) is 6.64. The first-order valence-corrected chi connectivity index (χ1v) is 9.92. The lowest BCUT2D eigenvalue weighted by atomic mass is 10.2. The van der Waals surface area contributed by atoms with Crippen LogP contribution in [0.4, 0.5) is 0 Å². The molecular weight excluding hydrogens is 430 g/mol. The minimum absolute atomic E-state index is 0.0150. The Morgan fingerprint density at radius 3 is 2.52 bits per heavy atom. The predicted octanol–water partition coefficient (Wildman–Crippen LogP) is 2.02. The van der Waals surface area contributed by atoms with Gasteiger partial charge in [-0.2, -0.15) is 0 Å². The largest absolute Gasteiger partial charge is 0.485 e. The highest BCUT2D eigenvalue weighted by atomic mass is 16.6. The van der Waals surface area contributed by atoms with E-state index in [1.54, 1.807) is 54.6 Å². The van der Waals surface area contributed by atoms with Crippen LogP contribution in [0.15, 0.2) is 72.9 Å². The van der Waals surface area contributed by atoms with Crippen LogP contribution in [0, 0.1) is 0 Å². The molecule has 33 heavy (non-hydrogen) atoms. The first-order chi connectivity index (χ1) is 16.1. The van der Waals surface area contributed by atoms with Crippen LogP contribution in [0.2, 0.25) is 0 Å². The lowest BCUT2D eigenvalue weighted by molar-refractivity contribution is -0.135. The first kappa shape index (κ1) is 21.6. The number of benzene rings is 2. The van der Waals surface area contributed by atoms with E-state index in [4.69, 9.17) is 18.9 Å². The van der Waals surface area contributed by atoms with Gasteiger partial charge in [0, 0.05) is 6.20 Å². The van der Waals surface area contributed by atoms with E-state index >= 15 is 0 Å². The third-order valence-corrected chi connectivity index (χ3v) is 4.41. The van der Waals surface area contributed by atoms with Gasteiger partial charge in [0.2, 0.25) is 12.0 Å². The number of carbonyl (C=O) groups excluding carboxylic acids is 3. The summed E-state index contributed by atoms with van der Waals surface area (Å²) in [5.41, 5.74) is 4.43. The van der Waals surface area contributed by atoms with E-state index in [2.05, 4.69) is 15.8 Å². The molecule has 168 valence electrons. The summed E-state index contributed by atoms with van der Waals surface area (Å²) in [5.74, 6) is -0.689. The Bertz CT molecular complexity index is 1150. The molecular formula is C23H19N3O7. The maximum Gasteiger partial charge on any atom is 0.344 e. The molecule has 2 aromatic carbocycles. The SMILES string of the molecule is O=C(COC(=O)c1cccnc1Oc1ccccc1)NNC(=O)C1COc2ccccc2O1. The van der Waals surface area contributed by atoms with Crippen molar-refractivity contribution in [2.75, 3.05) is 13.2 Å². The van der Waals surface area contributed by atoms with Crippen LogP contribution in [-0.2, 0) is 14.3 Å². The number of amides is 2. The molecule has 0 aliphatic carbocycles. The maximum absolute atomic E-state index is 12.4. The highest BCUT2D eigenvalue weighted by molar-refractivity contribution is 5.93. The molecule has 10 heteroatoms. The van der Waals surface area contributed by atoms with Gasteiger partial charge in [-0.15, -0.1) is 0 Å². The Labute approximate surface area is 188 Å². The minimum atomic E-state index is -0.948. The molecule has 4 rings (SSSR count). The van der Waals surface area contributed by atoms with E-state index in [1.165, 1.54) is 12.3 Å². The maximum atomic E-state index is 12.4. The average molecular weight is 449 g/mol. The minimum Gasteiger partial charge on any atom is -0.485 e. The monoisotopic (exact) mass is 449 g/mol. The fraction of sp³-hybridized carbons (Fsp3) is 0.130. The normalized spacial score (nSPS) is 14.0. The van der Waals surface area contributed by atoms with Gasteiger partial charge in [0.1, 0.15) is 17.9 Å². The summed E-state index contributed by atoms with van der Waals surface area (Å²) in [4.78, 5) is 40.7.